The lowest BCUT2D eigenvalue weighted by Gasteiger charge is -2.38. The zero-order valence-electron chi connectivity index (χ0n) is 13.6. The summed E-state index contributed by atoms with van der Waals surface area (Å²) in [6, 6.07) is 8.01. The Morgan fingerprint density at radius 3 is 2.91 bits per heavy atom. The van der Waals surface area contributed by atoms with Crippen LogP contribution in [0, 0.1) is 5.41 Å². The first-order chi connectivity index (χ1) is 11.1. The fourth-order valence-electron chi connectivity index (χ4n) is 3.75. The Bertz CT molecular complexity index is 555. The Labute approximate surface area is 142 Å². The number of rotatable bonds is 4. The third-order valence-electron chi connectivity index (χ3n) is 5.08. The molecule has 0 saturated carbocycles. The minimum atomic E-state index is 0.0942. The zero-order valence-corrected chi connectivity index (χ0v) is 14.3. The van der Waals surface area contributed by atoms with Crippen LogP contribution in [0.25, 0.3) is 0 Å². The summed E-state index contributed by atoms with van der Waals surface area (Å²) in [6.45, 7) is 2.62. The van der Waals surface area contributed by atoms with Crippen LogP contribution in [0.4, 0.5) is 0 Å². The number of carbonyl (C=O) groups is 1. The van der Waals surface area contributed by atoms with Crippen LogP contribution < -0.4 is 0 Å². The second kappa shape index (κ2) is 7.20. The molecule has 23 heavy (non-hydrogen) atoms. The van der Waals surface area contributed by atoms with E-state index in [9.17, 15) is 4.79 Å². The third kappa shape index (κ3) is 4.06. The van der Waals surface area contributed by atoms with Crippen molar-refractivity contribution in [2.45, 2.75) is 31.8 Å². The quantitative estimate of drug-likeness (QED) is 0.848. The summed E-state index contributed by atoms with van der Waals surface area (Å²) < 4.78 is 11.0. The van der Waals surface area contributed by atoms with Gasteiger partial charge in [0.2, 0.25) is 5.91 Å². The van der Waals surface area contributed by atoms with Crippen LogP contribution in [0.1, 0.15) is 24.8 Å². The fourth-order valence-corrected chi connectivity index (χ4v) is 3.96. The predicted octanol–water partition coefficient (Wildman–Crippen LogP) is 2.93. The second-order valence-electron chi connectivity index (χ2n) is 6.78. The normalized spacial score (nSPS) is 23.4. The average molecular weight is 338 g/mol. The maximum Gasteiger partial charge on any atom is 0.248 e. The number of piperidine rings is 1. The maximum absolute atomic E-state index is 11.9. The van der Waals surface area contributed by atoms with Crippen molar-refractivity contribution in [3.05, 3.63) is 34.9 Å². The van der Waals surface area contributed by atoms with Crippen LogP contribution in [0.5, 0.6) is 0 Å². The number of likely N-dealkylation sites (tertiary alicyclic amines) is 1. The summed E-state index contributed by atoms with van der Waals surface area (Å²) in [5, 5.41) is 0.778. The summed E-state index contributed by atoms with van der Waals surface area (Å²) >= 11 is 6.06. The SMILES string of the molecule is COCC(=O)N1CCC2(CC1)CO[C@H](Cc1cccc(Cl)c1)C2. The van der Waals surface area contributed by atoms with Gasteiger partial charge in [0, 0.05) is 25.2 Å². The monoisotopic (exact) mass is 337 g/mol. The Morgan fingerprint density at radius 2 is 2.22 bits per heavy atom. The molecular weight excluding hydrogens is 314 g/mol. The minimum Gasteiger partial charge on any atom is -0.377 e. The number of halogens is 1. The molecule has 0 aliphatic carbocycles. The molecule has 0 N–H and O–H groups in total. The van der Waals surface area contributed by atoms with Crippen LogP contribution >= 0.6 is 11.6 Å². The van der Waals surface area contributed by atoms with Crippen molar-refractivity contribution in [2.75, 3.05) is 33.4 Å². The van der Waals surface area contributed by atoms with Gasteiger partial charge in [-0.2, -0.15) is 0 Å². The van der Waals surface area contributed by atoms with E-state index in [4.69, 9.17) is 21.1 Å². The van der Waals surface area contributed by atoms with Crippen LogP contribution in [-0.4, -0.2) is 50.3 Å². The number of hydrogen-bond donors (Lipinski definition) is 0. The van der Waals surface area contributed by atoms with E-state index in [0.717, 1.165) is 50.4 Å². The molecule has 0 unspecified atom stereocenters. The predicted molar refractivity (Wildman–Crippen MR) is 89.6 cm³/mol. The summed E-state index contributed by atoms with van der Waals surface area (Å²) in [5.41, 5.74) is 1.47. The standard InChI is InChI=1S/C18H24ClNO3/c1-22-12-17(21)20-7-5-18(6-8-20)11-16(23-13-18)10-14-3-2-4-15(19)9-14/h2-4,9,16H,5-8,10-13H2,1H3/t16-/m1/s1. The van der Waals surface area contributed by atoms with Crippen molar-refractivity contribution >= 4 is 17.5 Å². The molecule has 1 aromatic carbocycles. The second-order valence-corrected chi connectivity index (χ2v) is 7.22. The summed E-state index contributed by atoms with van der Waals surface area (Å²) in [6.07, 6.45) is 4.29. The highest BCUT2D eigenvalue weighted by Crippen LogP contribution is 2.42. The molecule has 1 atom stereocenters. The molecule has 5 heteroatoms. The molecule has 3 rings (SSSR count). The van der Waals surface area contributed by atoms with Crippen molar-refractivity contribution in [1.29, 1.82) is 0 Å². The first kappa shape index (κ1) is 16.7. The van der Waals surface area contributed by atoms with Gasteiger partial charge >= 0.3 is 0 Å². The van der Waals surface area contributed by atoms with Crippen molar-refractivity contribution in [2.24, 2.45) is 5.41 Å². The molecule has 0 radical (unpaired) electrons. The van der Waals surface area contributed by atoms with Gasteiger partial charge in [-0.3, -0.25) is 4.79 Å². The van der Waals surface area contributed by atoms with Gasteiger partial charge in [-0.05, 0) is 48.8 Å². The first-order valence-corrected chi connectivity index (χ1v) is 8.61. The Hall–Kier alpha value is -1.10. The molecule has 1 amide bonds. The molecule has 4 nitrogen and oxygen atoms in total. The topological polar surface area (TPSA) is 38.8 Å². The molecule has 2 aliphatic heterocycles. The number of benzene rings is 1. The van der Waals surface area contributed by atoms with E-state index < -0.39 is 0 Å². The summed E-state index contributed by atoms with van der Waals surface area (Å²) in [7, 11) is 1.56. The van der Waals surface area contributed by atoms with Gasteiger partial charge in [-0.25, -0.2) is 0 Å². The number of nitrogens with zero attached hydrogens (tertiary/aromatic N) is 1. The number of hydrogen-bond acceptors (Lipinski definition) is 3. The van der Waals surface area contributed by atoms with Crippen molar-refractivity contribution in [3.63, 3.8) is 0 Å². The number of amides is 1. The summed E-state index contributed by atoms with van der Waals surface area (Å²) in [4.78, 5) is 13.8. The molecule has 1 spiro atoms. The Morgan fingerprint density at radius 1 is 1.43 bits per heavy atom. The van der Waals surface area contributed by atoms with Crippen molar-refractivity contribution < 1.29 is 14.3 Å². The largest absolute Gasteiger partial charge is 0.377 e. The van der Waals surface area contributed by atoms with E-state index in [1.54, 1.807) is 7.11 Å². The van der Waals surface area contributed by atoms with E-state index in [0.29, 0.717) is 0 Å². The average Bonchev–Trinajstić information content (AvgIpc) is 2.91. The summed E-state index contributed by atoms with van der Waals surface area (Å²) in [5.74, 6) is 0.0942. The molecule has 2 heterocycles. The van der Waals surface area contributed by atoms with Gasteiger partial charge in [0.05, 0.1) is 12.7 Å². The van der Waals surface area contributed by atoms with Crippen molar-refractivity contribution in [1.82, 2.24) is 4.90 Å². The fraction of sp³-hybridized carbons (Fsp3) is 0.611. The molecule has 1 aromatic rings. The zero-order chi connectivity index (χ0) is 16.3. The van der Waals surface area contributed by atoms with Gasteiger partial charge in [-0.15, -0.1) is 0 Å². The molecule has 0 bridgehead atoms. The molecule has 126 valence electrons. The van der Waals surface area contributed by atoms with Crippen molar-refractivity contribution in [3.8, 4) is 0 Å². The Balaban J connectivity index is 1.53. The molecule has 2 fully saturated rings. The van der Waals surface area contributed by atoms with Crippen LogP contribution in [0.15, 0.2) is 24.3 Å². The van der Waals surface area contributed by atoms with Crippen LogP contribution in [0.2, 0.25) is 5.02 Å². The van der Waals surface area contributed by atoms with E-state index in [-0.39, 0.29) is 24.0 Å². The lowest BCUT2D eigenvalue weighted by Crippen LogP contribution is -2.44. The first-order valence-electron chi connectivity index (χ1n) is 8.23. The number of methoxy groups -OCH3 is 1. The van der Waals surface area contributed by atoms with Gasteiger partial charge in [0.25, 0.3) is 0 Å². The number of ether oxygens (including phenoxy) is 2. The van der Waals surface area contributed by atoms with Crippen LogP contribution in [-0.2, 0) is 20.7 Å². The highest BCUT2D eigenvalue weighted by atomic mass is 35.5. The van der Waals surface area contributed by atoms with Gasteiger partial charge in [0.15, 0.2) is 0 Å². The number of carbonyl (C=O) groups excluding carboxylic acids is 1. The van der Waals surface area contributed by atoms with E-state index >= 15 is 0 Å². The highest BCUT2D eigenvalue weighted by molar-refractivity contribution is 6.30. The lowest BCUT2D eigenvalue weighted by molar-refractivity contribution is -0.137. The molecular formula is C18H24ClNO3. The van der Waals surface area contributed by atoms with Gasteiger partial charge in [0.1, 0.15) is 6.61 Å². The smallest absolute Gasteiger partial charge is 0.248 e. The third-order valence-corrected chi connectivity index (χ3v) is 5.32. The lowest BCUT2D eigenvalue weighted by atomic mass is 9.76. The molecule has 2 saturated heterocycles. The highest BCUT2D eigenvalue weighted by Gasteiger charge is 2.42. The van der Waals surface area contributed by atoms with E-state index in [1.807, 2.05) is 23.1 Å². The maximum atomic E-state index is 11.9. The minimum absolute atomic E-state index is 0.0942. The van der Waals surface area contributed by atoms with Gasteiger partial charge < -0.3 is 14.4 Å². The van der Waals surface area contributed by atoms with Gasteiger partial charge in [-0.1, -0.05) is 23.7 Å². The van der Waals surface area contributed by atoms with Crippen LogP contribution in [0.3, 0.4) is 0 Å². The molecule has 2 aliphatic rings. The van der Waals surface area contributed by atoms with E-state index in [2.05, 4.69) is 6.07 Å². The Kier molecular flexibility index (Phi) is 5.24. The molecule has 0 aromatic heterocycles. The van der Waals surface area contributed by atoms with E-state index in [1.165, 1.54) is 5.56 Å².